The maximum absolute atomic E-state index is 3.89. The van der Waals surface area contributed by atoms with Crippen LogP contribution in [0.3, 0.4) is 0 Å². The summed E-state index contributed by atoms with van der Waals surface area (Å²) in [4.78, 5) is 0. The van der Waals surface area contributed by atoms with E-state index >= 15 is 0 Å². The topological polar surface area (TPSA) is 0 Å². The number of hydrogen-bond donors (Lipinski definition) is 0. The van der Waals surface area contributed by atoms with Gasteiger partial charge in [-0.05, 0) is 49.0 Å². The van der Waals surface area contributed by atoms with E-state index in [9.17, 15) is 0 Å². The second-order valence-electron chi connectivity index (χ2n) is 4.28. The molecule has 0 fully saturated rings. The highest BCUT2D eigenvalue weighted by atomic mass is 14.1. The van der Waals surface area contributed by atoms with Crippen molar-refractivity contribution in [3.05, 3.63) is 53.6 Å². The van der Waals surface area contributed by atoms with E-state index in [-0.39, 0.29) is 0 Å². The Balaban J connectivity index is 0.00000137. The van der Waals surface area contributed by atoms with Gasteiger partial charge in [0.15, 0.2) is 0 Å². The summed E-state index contributed by atoms with van der Waals surface area (Å²) in [6.07, 6.45) is 5.60. The molecule has 1 rings (SSSR count). The van der Waals surface area contributed by atoms with Crippen LogP contribution < -0.4 is 0 Å². The van der Waals surface area contributed by atoms with Crippen LogP contribution in [0.1, 0.15) is 58.1 Å². The van der Waals surface area contributed by atoms with Gasteiger partial charge in [-0.2, -0.15) is 0 Å². The maximum Gasteiger partial charge on any atom is -0.0193 e. The molecule has 0 heteroatoms. The van der Waals surface area contributed by atoms with Crippen molar-refractivity contribution in [3.63, 3.8) is 0 Å². The van der Waals surface area contributed by atoms with Gasteiger partial charge in [-0.3, -0.25) is 0 Å². The van der Waals surface area contributed by atoms with Crippen LogP contribution in [-0.2, 0) is 0 Å². The Morgan fingerprint density at radius 3 is 2.33 bits per heavy atom. The summed E-state index contributed by atoms with van der Waals surface area (Å²) in [5.74, 6) is 0. The molecule has 0 bridgehead atoms. The fourth-order valence-electron chi connectivity index (χ4n) is 1.93. The first-order valence-electron chi connectivity index (χ1n) is 7.08. The van der Waals surface area contributed by atoms with Gasteiger partial charge in [-0.25, -0.2) is 0 Å². The standard InChI is InChI=1S/C16H22.C2H6/c1-5-7-11-15(13(3)6-2)16-12-9-8-10-14(16)4;1-2/h6,8-10,12H,2,5,7,11H2,1,3-4H3;1-2H3/b15-13+;. The Morgan fingerprint density at radius 2 is 1.83 bits per heavy atom. The third-order valence-electron chi connectivity index (χ3n) is 3.03. The molecule has 1 aromatic rings. The van der Waals surface area contributed by atoms with Gasteiger partial charge >= 0.3 is 0 Å². The molecule has 0 aliphatic carbocycles. The highest BCUT2D eigenvalue weighted by Gasteiger charge is 2.06. The van der Waals surface area contributed by atoms with Crippen LogP contribution in [0.15, 0.2) is 42.5 Å². The molecule has 0 saturated carbocycles. The summed E-state index contributed by atoms with van der Waals surface area (Å²) in [5.41, 5.74) is 5.50. The third-order valence-corrected chi connectivity index (χ3v) is 3.03. The van der Waals surface area contributed by atoms with E-state index in [1.807, 2.05) is 19.9 Å². The zero-order valence-corrected chi connectivity index (χ0v) is 12.7. The van der Waals surface area contributed by atoms with Crippen molar-refractivity contribution in [2.24, 2.45) is 0 Å². The Morgan fingerprint density at radius 1 is 1.22 bits per heavy atom. The van der Waals surface area contributed by atoms with Crippen LogP contribution >= 0.6 is 0 Å². The Labute approximate surface area is 113 Å². The van der Waals surface area contributed by atoms with E-state index in [0.29, 0.717) is 0 Å². The predicted molar refractivity (Wildman–Crippen MR) is 84.8 cm³/mol. The molecule has 0 saturated heterocycles. The maximum atomic E-state index is 3.89. The predicted octanol–water partition coefficient (Wildman–Crippen LogP) is 6.17. The number of rotatable bonds is 5. The lowest BCUT2D eigenvalue weighted by Gasteiger charge is -2.13. The fourth-order valence-corrected chi connectivity index (χ4v) is 1.93. The highest BCUT2D eigenvalue weighted by molar-refractivity contribution is 5.72. The van der Waals surface area contributed by atoms with E-state index in [4.69, 9.17) is 0 Å². The largest absolute Gasteiger partial charge is 0.0988 e. The first-order chi connectivity index (χ1) is 8.70. The lowest BCUT2D eigenvalue weighted by molar-refractivity contribution is 0.821. The minimum Gasteiger partial charge on any atom is -0.0988 e. The zero-order valence-electron chi connectivity index (χ0n) is 12.7. The van der Waals surface area contributed by atoms with Crippen LogP contribution in [0, 0.1) is 6.92 Å². The normalized spacial score (nSPS) is 11.2. The Hall–Kier alpha value is -1.30. The lowest BCUT2D eigenvalue weighted by Crippen LogP contribution is -1.92. The smallest absolute Gasteiger partial charge is 0.0193 e. The highest BCUT2D eigenvalue weighted by Crippen LogP contribution is 2.27. The van der Waals surface area contributed by atoms with Gasteiger partial charge in [-0.1, -0.05) is 64.1 Å². The molecule has 0 amide bonds. The summed E-state index contributed by atoms with van der Waals surface area (Å²) in [5, 5.41) is 0. The first-order valence-corrected chi connectivity index (χ1v) is 7.08. The van der Waals surface area contributed by atoms with Gasteiger partial charge in [-0.15, -0.1) is 0 Å². The Kier molecular flexibility index (Phi) is 9.00. The molecule has 0 heterocycles. The molecule has 100 valence electrons. The van der Waals surface area contributed by atoms with E-state index in [0.717, 1.165) is 6.42 Å². The van der Waals surface area contributed by atoms with Crippen LogP contribution in [0.2, 0.25) is 0 Å². The average molecular weight is 244 g/mol. The van der Waals surface area contributed by atoms with Crippen molar-refractivity contribution in [3.8, 4) is 0 Å². The van der Waals surface area contributed by atoms with E-state index in [1.165, 1.54) is 35.1 Å². The van der Waals surface area contributed by atoms with Gasteiger partial charge in [0.2, 0.25) is 0 Å². The number of benzene rings is 1. The molecule has 1 aromatic carbocycles. The molecular formula is C18H28. The van der Waals surface area contributed by atoms with Crippen molar-refractivity contribution >= 4 is 5.57 Å². The van der Waals surface area contributed by atoms with Crippen molar-refractivity contribution in [2.45, 2.75) is 53.9 Å². The molecule has 0 N–H and O–H groups in total. The molecule has 0 aliphatic heterocycles. The van der Waals surface area contributed by atoms with Crippen molar-refractivity contribution in [1.29, 1.82) is 0 Å². The minimum absolute atomic E-state index is 1.15. The minimum atomic E-state index is 1.15. The van der Waals surface area contributed by atoms with Gasteiger partial charge in [0, 0.05) is 0 Å². The molecule has 0 unspecified atom stereocenters. The first kappa shape index (κ1) is 16.7. The molecule has 0 radical (unpaired) electrons. The van der Waals surface area contributed by atoms with Gasteiger partial charge < -0.3 is 0 Å². The van der Waals surface area contributed by atoms with Crippen molar-refractivity contribution in [1.82, 2.24) is 0 Å². The van der Waals surface area contributed by atoms with Gasteiger partial charge in [0.1, 0.15) is 0 Å². The zero-order chi connectivity index (χ0) is 14.0. The van der Waals surface area contributed by atoms with Crippen LogP contribution in [0.5, 0.6) is 0 Å². The molecule has 0 atom stereocenters. The van der Waals surface area contributed by atoms with E-state index < -0.39 is 0 Å². The monoisotopic (exact) mass is 244 g/mol. The van der Waals surface area contributed by atoms with Gasteiger partial charge in [0.25, 0.3) is 0 Å². The van der Waals surface area contributed by atoms with Crippen LogP contribution in [0.4, 0.5) is 0 Å². The number of unbranched alkanes of at least 4 members (excludes halogenated alkanes) is 1. The Bertz CT molecular complexity index is 383. The summed E-state index contributed by atoms with van der Waals surface area (Å²) < 4.78 is 0. The second kappa shape index (κ2) is 9.70. The van der Waals surface area contributed by atoms with E-state index in [1.54, 1.807) is 0 Å². The van der Waals surface area contributed by atoms with E-state index in [2.05, 4.69) is 51.6 Å². The SMILES string of the molecule is C=C/C(C)=C(\CCCC)c1ccccc1C.CC. The number of hydrogen-bond acceptors (Lipinski definition) is 0. The third kappa shape index (κ3) is 4.91. The summed E-state index contributed by atoms with van der Waals surface area (Å²) in [6, 6.07) is 8.61. The molecule has 0 aliphatic rings. The summed E-state index contributed by atoms with van der Waals surface area (Å²) in [6.45, 7) is 14.5. The molecular weight excluding hydrogens is 216 g/mol. The van der Waals surface area contributed by atoms with Crippen LogP contribution in [0.25, 0.3) is 5.57 Å². The molecule has 0 spiro atoms. The second-order valence-corrected chi connectivity index (χ2v) is 4.28. The molecule has 0 nitrogen and oxygen atoms in total. The van der Waals surface area contributed by atoms with Gasteiger partial charge in [0.05, 0.1) is 0 Å². The molecule has 18 heavy (non-hydrogen) atoms. The van der Waals surface area contributed by atoms with Crippen molar-refractivity contribution in [2.75, 3.05) is 0 Å². The van der Waals surface area contributed by atoms with Crippen LogP contribution in [-0.4, -0.2) is 0 Å². The summed E-state index contributed by atoms with van der Waals surface area (Å²) >= 11 is 0. The number of aryl methyl sites for hydroxylation is 1. The summed E-state index contributed by atoms with van der Waals surface area (Å²) in [7, 11) is 0. The van der Waals surface area contributed by atoms with Crippen molar-refractivity contribution < 1.29 is 0 Å². The number of allylic oxidation sites excluding steroid dienone is 3. The quantitative estimate of drug-likeness (QED) is 0.543. The molecule has 0 aromatic heterocycles. The lowest BCUT2D eigenvalue weighted by atomic mass is 9.92. The fraction of sp³-hybridized carbons (Fsp3) is 0.444. The average Bonchev–Trinajstić information content (AvgIpc) is 2.43.